The summed E-state index contributed by atoms with van der Waals surface area (Å²) >= 11 is 0. The Morgan fingerprint density at radius 2 is 2.14 bits per heavy atom. The third kappa shape index (κ3) is 3.58. The van der Waals surface area contributed by atoms with Gasteiger partial charge in [0.1, 0.15) is 11.5 Å². The van der Waals surface area contributed by atoms with E-state index in [1.165, 1.54) is 5.56 Å². The van der Waals surface area contributed by atoms with Gasteiger partial charge in [-0.3, -0.25) is 10.00 Å². The number of hydrogen-bond acceptors (Lipinski definition) is 5. The van der Waals surface area contributed by atoms with Gasteiger partial charge < -0.3 is 14.5 Å². The normalized spacial score (nSPS) is 17.7. The zero-order valence-electron chi connectivity index (χ0n) is 13.3. The van der Waals surface area contributed by atoms with Crippen LogP contribution >= 0.6 is 0 Å². The lowest BCUT2D eigenvalue weighted by Gasteiger charge is -2.33. The predicted molar refractivity (Wildman–Crippen MR) is 83.6 cm³/mol. The highest BCUT2D eigenvalue weighted by molar-refractivity contribution is 5.14. The molecule has 0 radical (unpaired) electrons. The van der Waals surface area contributed by atoms with Crippen molar-refractivity contribution < 1.29 is 9.15 Å². The fraction of sp³-hybridized carbons (Fsp3) is 0.562. The first-order valence-corrected chi connectivity index (χ1v) is 7.82. The van der Waals surface area contributed by atoms with Crippen LogP contribution in [0.5, 0.6) is 0 Å². The van der Waals surface area contributed by atoms with Crippen molar-refractivity contribution in [2.24, 2.45) is 0 Å². The van der Waals surface area contributed by atoms with Crippen molar-refractivity contribution in [1.82, 2.24) is 20.4 Å². The Bertz CT molecular complexity index is 586. The van der Waals surface area contributed by atoms with Gasteiger partial charge in [0.05, 0.1) is 25.5 Å². The van der Waals surface area contributed by atoms with Crippen molar-refractivity contribution in [1.29, 1.82) is 0 Å². The lowest BCUT2D eigenvalue weighted by molar-refractivity contribution is 0.0115. The van der Waals surface area contributed by atoms with E-state index in [0.29, 0.717) is 0 Å². The van der Waals surface area contributed by atoms with Crippen LogP contribution in [-0.4, -0.2) is 47.9 Å². The monoisotopic (exact) mass is 304 g/mol. The van der Waals surface area contributed by atoms with Crippen LogP contribution in [-0.2, 0) is 11.3 Å². The van der Waals surface area contributed by atoms with Crippen LogP contribution in [0, 0.1) is 13.8 Å². The summed E-state index contributed by atoms with van der Waals surface area (Å²) in [6, 6.07) is 4.35. The maximum atomic E-state index is 5.87. The number of ether oxygens (including phenoxy) is 1. The molecule has 0 amide bonds. The molecular weight excluding hydrogens is 280 g/mol. The van der Waals surface area contributed by atoms with Gasteiger partial charge in [-0.25, -0.2) is 0 Å². The van der Waals surface area contributed by atoms with Gasteiger partial charge in [0, 0.05) is 37.4 Å². The molecular formula is C16H24N4O2. The highest BCUT2D eigenvalue weighted by Crippen LogP contribution is 2.23. The van der Waals surface area contributed by atoms with Gasteiger partial charge >= 0.3 is 0 Å². The van der Waals surface area contributed by atoms with Gasteiger partial charge in [0.15, 0.2) is 0 Å². The molecule has 0 bridgehead atoms. The molecule has 1 aliphatic rings. The highest BCUT2D eigenvalue weighted by Gasteiger charge is 2.24. The number of aromatic nitrogens is 2. The second-order valence-electron chi connectivity index (χ2n) is 5.76. The number of morpholine rings is 1. The van der Waals surface area contributed by atoms with E-state index >= 15 is 0 Å². The van der Waals surface area contributed by atoms with Gasteiger partial charge in [0.25, 0.3) is 0 Å². The topological polar surface area (TPSA) is 66.3 Å². The number of rotatable bonds is 6. The largest absolute Gasteiger partial charge is 0.465 e. The molecule has 6 heteroatoms. The van der Waals surface area contributed by atoms with Gasteiger partial charge in [-0.2, -0.15) is 5.10 Å². The van der Waals surface area contributed by atoms with E-state index in [4.69, 9.17) is 9.15 Å². The summed E-state index contributed by atoms with van der Waals surface area (Å²) in [6.45, 7) is 9.14. The average molecular weight is 304 g/mol. The predicted octanol–water partition coefficient (Wildman–Crippen LogP) is 1.78. The maximum Gasteiger partial charge on any atom is 0.122 e. The first-order chi connectivity index (χ1) is 10.7. The maximum absolute atomic E-state index is 5.87. The van der Waals surface area contributed by atoms with E-state index in [1.54, 1.807) is 0 Å². The number of aryl methyl sites for hydroxylation is 2. The Labute approximate surface area is 130 Å². The Morgan fingerprint density at radius 1 is 1.32 bits per heavy atom. The summed E-state index contributed by atoms with van der Waals surface area (Å²) in [5.41, 5.74) is 2.32. The van der Waals surface area contributed by atoms with E-state index < -0.39 is 0 Å². The van der Waals surface area contributed by atoms with Crippen LogP contribution in [0.15, 0.2) is 22.7 Å². The molecule has 3 heterocycles. The molecule has 2 aromatic heterocycles. The summed E-state index contributed by atoms with van der Waals surface area (Å²) in [4.78, 5) is 2.43. The van der Waals surface area contributed by atoms with Crippen LogP contribution in [0.4, 0.5) is 0 Å². The van der Waals surface area contributed by atoms with E-state index in [-0.39, 0.29) is 6.04 Å². The first kappa shape index (κ1) is 15.3. The molecule has 120 valence electrons. The summed E-state index contributed by atoms with van der Waals surface area (Å²) < 4.78 is 11.3. The first-order valence-electron chi connectivity index (χ1n) is 7.82. The van der Waals surface area contributed by atoms with Gasteiger partial charge in [0.2, 0.25) is 0 Å². The van der Waals surface area contributed by atoms with Crippen LogP contribution in [0.25, 0.3) is 0 Å². The zero-order valence-corrected chi connectivity index (χ0v) is 13.3. The molecule has 0 aliphatic carbocycles. The smallest absolute Gasteiger partial charge is 0.122 e. The number of nitrogens with one attached hydrogen (secondary N) is 2. The van der Waals surface area contributed by atoms with E-state index in [2.05, 4.69) is 26.5 Å². The number of nitrogens with zero attached hydrogens (tertiary/aromatic N) is 2. The van der Waals surface area contributed by atoms with E-state index in [0.717, 1.165) is 56.6 Å². The quantitative estimate of drug-likeness (QED) is 0.851. The third-order valence-corrected chi connectivity index (χ3v) is 4.16. The second-order valence-corrected chi connectivity index (χ2v) is 5.76. The SMILES string of the molecule is Cc1ccc([C@H](CNCc2cn[nH]c2C)N2CCOCC2)o1. The molecule has 0 spiro atoms. The summed E-state index contributed by atoms with van der Waals surface area (Å²) in [5, 5.41) is 10.6. The molecule has 1 aliphatic heterocycles. The van der Waals surface area contributed by atoms with Gasteiger partial charge in [-0.15, -0.1) is 0 Å². The Kier molecular flexibility index (Phi) is 4.92. The van der Waals surface area contributed by atoms with Crippen LogP contribution < -0.4 is 5.32 Å². The van der Waals surface area contributed by atoms with Crippen molar-refractivity contribution in [2.45, 2.75) is 26.4 Å². The second kappa shape index (κ2) is 7.09. The fourth-order valence-corrected chi connectivity index (χ4v) is 2.83. The minimum Gasteiger partial charge on any atom is -0.465 e. The highest BCUT2D eigenvalue weighted by atomic mass is 16.5. The molecule has 0 aromatic carbocycles. The van der Waals surface area contributed by atoms with Crippen molar-refractivity contribution >= 4 is 0 Å². The molecule has 2 N–H and O–H groups in total. The molecule has 3 rings (SSSR count). The summed E-state index contributed by atoms with van der Waals surface area (Å²) in [7, 11) is 0. The third-order valence-electron chi connectivity index (χ3n) is 4.16. The Morgan fingerprint density at radius 3 is 2.77 bits per heavy atom. The Hall–Kier alpha value is -1.63. The van der Waals surface area contributed by atoms with Crippen molar-refractivity contribution in [3.8, 4) is 0 Å². The average Bonchev–Trinajstić information content (AvgIpc) is 3.13. The molecule has 0 unspecified atom stereocenters. The molecule has 1 atom stereocenters. The van der Waals surface area contributed by atoms with Crippen molar-refractivity contribution in [3.63, 3.8) is 0 Å². The minimum atomic E-state index is 0.241. The Balaban J connectivity index is 1.64. The molecule has 0 saturated carbocycles. The molecule has 2 aromatic rings. The fourth-order valence-electron chi connectivity index (χ4n) is 2.83. The van der Waals surface area contributed by atoms with Crippen molar-refractivity contribution in [2.75, 3.05) is 32.8 Å². The number of furan rings is 1. The van der Waals surface area contributed by atoms with E-state index in [1.807, 2.05) is 26.1 Å². The molecule has 6 nitrogen and oxygen atoms in total. The van der Waals surface area contributed by atoms with Crippen LogP contribution in [0.1, 0.15) is 28.8 Å². The molecule has 1 fully saturated rings. The lowest BCUT2D eigenvalue weighted by atomic mass is 10.1. The van der Waals surface area contributed by atoms with E-state index in [9.17, 15) is 0 Å². The van der Waals surface area contributed by atoms with Crippen LogP contribution in [0.3, 0.4) is 0 Å². The van der Waals surface area contributed by atoms with Crippen molar-refractivity contribution in [3.05, 3.63) is 41.1 Å². The number of hydrogen-bond donors (Lipinski definition) is 2. The zero-order chi connectivity index (χ0) is 15.4. The standard InChI is InChI=1S/C16H24N4O2/c1-12-3-4-16(22-12)15(20-5-7-21-8-6-20)11-17-9-14-10-18-19-13(14)2/h3-4,10,15,17H,5-9,11H2,1-2H3,(H,18,19)/t15-/m0/s1. The molecule has 1 saturated heterocycles. The molecule has 22 heavy (non-hydrogen) atoms. The van der Waals surface area contributed by atoms with Gasteiger partial charge in [-0.05, 0) is 26.0 Å². The summed E-state index contributed by atoms with van der Waals surface area (Å²) in [6.07, 6.45) is 1.88. The van der Waals surface area contributed by atoms with Gasteiger partial charge in [-0.1, -0.05) is 0 Å². The summed E-state index contributed by atoms with van der Waals surface area (Å²) in [5.74, 6) is 1.98. The lowest BCUT2D eigenvalue weighted by Crippen LogP contribution is -2.42. The minimum absolute atomic E-state index is 0.241. The van der Waals surface area contributed by atoms with Crippen LogP contribution in [0.2, 0.25) is 0 Å². The number of H-pyrrole nitrogens is 1. The number of aromatic amines is 1.